The molecule has 0 aliphatic rings. The van der Waals surface area contributed by atoms with Crippen molar-refractivity contribution in [3.8, 4) is 17.0 Å². The van der Waals surface area contributed by atoms with E-state index < -0.39 is 0 Å². The van der Waals surface area contributed by atoms with Crippen LogP contribution in [0.15, 0.2) is 54.7 Å². The van der Waals surface area contributed by atoms with Gasteiger partial charge in [0.1, 0.15) is 12.4 Å². The van der Waals surface area contributed by atoms with Gasteiger partial charge >= 0.3 is 0 Å². The van der Waals surface area contributed by atoms with Gasteiger partial charge in [-0.2, -0.15) is 5.10 Å². The van der Waals surface area contributed by atoms with Crippen molar-refractivity contribution >= 4 is 6.29 Å². The van der Waals surface area contributed by atoms with E-state index in [1.165, 1.54) is 6.20 Å². The molecule has 116 valence electrons. The van der Waals surface area contributed by atoms with E-state index in [1.807, 2.05) is 48.5 Å². The van der Waals surface area contributed by atoms with Crippen molar-refractivity contribution < 1.29 is 9.53 Å². The summed E-state index contributed by atoms with van der Waals surface area (Å²) >= 11 is 0. The third kappa shape index (κ3) is 3.31. The first-order chi connectivity index (χ1) is 11.3. The van der Waals surface area contributed by atoms with Crippen LogP contribution >= 0.6 is 0 Å². The Balaban J connectivity index is 1.84. The van der Waals surface area contributed by atoms with Gasteiger partial charge in [0.15, 0.2) is 6.29 Å². The summed E-state index contributed by atoms with van der Waals surface area (Å²) in [6, 6.07) is 16.0. The molecule has 4 heteroatoms. The van der Waals surface area contributed by atoms with Crippen LogP contribution in [0.2, 0.25) is 0 Å². The van der Waals surface area contributed by atoms with Gasteiger partial charge in [0.25, 0.3) is 0 Å². The average Bonchev–Trinajstić information content (AvgIpc) is 3.09. The van der Waals surface area contributed by atoms with E-state index in [0.717, 1.165) is 40.8 Å². The van der Waals surface area contributed by atoms with Crippen molar-refractivity contribution in [2.45, 2.75) is 20.0 Å². The highest BCUT2D eigenvalue weighted by molar-refractivity contribution is 5.85. The van der Waals surface area contributed by atoms with Gasteiger partial charge in [-0.1, -0.05) is 37.3 Å². The molecular weight excluding hydrogens is 288 g/mol. The Morgan fingerprint density at radius 3 is 2.74 bits per heavy atom. The summed E-state index contributed by atoms with van der Waals surface area (Å²) in [4.78, 5) is 11.1. The maximum absolute atomic E-state index is 11.1. The van der Waals surface area contributed by atoms with E-state index in [9.17, 15) is 4.79 Å². The van der Waals surface area contributed by atoms with Crippen LogP contribution in [0.1, 0.15) is 28.4 Å². The molecule has 2 aromatic carbocycles. The number of aromatic amines is 1. The van der Waals surface area contributed by atoms with E-state index in [4.69, 9.17) is 4.74 Å². The molecule has 0 saturated heterocycles. The maximum atomic E-state index is 11.1. The van der Waals surface area contributed by atoms with Gasteiger partial charge in [0, 0.05) is 5.56 Å². The van der Waals surface area contributed by atoms with Crippen molar-refractivity contribution in [3.05, 3.63) is 71.4 Å². The Morgan fingerprint density at radius 1 is 1.17 bits per heavy atom. The van der Waals surface area contributed by atoms with Crippen molar-refractivity contribution in [1.82, 2.24) is 10.2 Å². The summed E-state index contributed by atoms with van der Waals surface area (Å²) in [5.74, 6) is 0.868. The number of rotatable bonds is 6. The molecule has 1 heterocycles. The zero-order valence-corrected chi connectivity index (χ0v) is 13.0. The number of H-pyrrole nitrogens is 1. The number of carbonyl (C=O) groups excluding carboxylic acids is 1. The summed E-state index contributed by atoms with van der Waals surface area (Å²) in [6.45, 7) is 2.62. The minimum atomic E-state index is 0.539. The molecule has 0 fully saturated rings. The third-order valence-corrected chi connectivity index (χ3v) is 3.76. The normalized spacial score (nSPS) is 10.5. The summed E-state index contributed by atoms with van der Waals surface area (Å²) < 4.78 is 5.95. The van der Waals surface area contributed by atoms with Crippen LogP contribution in [-0.2, 0) is 13.0 Å². The predicted octanol–water partition coefficient (Wildman–Crippen LogP) is 4.03. The average molecular weight is 306 g/mol. The highest BCUT2D eigenvalue weighted by Gasteiger charge is 2.10. The molecule has 1 aromatic heterocycles. The fourth-order valence-electron chi connectivity index (χ4n) is 2.50. The highest BCUT2D eigenvalue weighted by atomic mass is 16.5. The molecule has 0 spiro atoms. The number of hydrogen-bond acceptors (Lipinski definition) is 3. The van der Waals surface area contributed by atoms with E-state index in [0.29, 0.717) is 12.2 Å². The van der Waals surface area contributed by atoms with Crippen LogP contribution < -0.4 is 4.74 Å². The number of hydrogen-bond donors (Lipinski definition) is 1. The lowest BCUT2D eigenvalue weighted by Crippen LogP contribution is -1.98. The number of nitrogens with one attached hydrogen (secondary N) is 1. The number of benzene rings is 2. The van der Waals surface area contributed by atoms with Gasteiger partial charge in [0.2, 0.25) is 0 Å². The number of carbonyl (C=O) groups is 1. The Morgan fingerprint density at radius 2 is 2.00 bits per heavy atom. The minimum absolute atomic E-state index is 0.539. The molecule has 0 radical (unpaired) electrons. The smallest absolute Gasteiger partial charge is 0.153 e. The van der Waals surface area contributed by atoms with Crippen LogP contribution in [0.3, 0.4) is 0 Å². The van der Waals surface area contributed by atoms with Crippen LogP contribution in [0.4, 0.5) is 0 Å². The second kappa shape index (κ2) is 6.92. The third-order valence-electron chi connectivity index (χ3n) is 3.76. The summed E-state index contributed by atoms with van der Waals surface area (Å²) in [6.07, 6.45) is 3.19. The zero-order valence-electron chi connectivity index (χ0n) is 13.0. The Hall–Kier alpha value is -2.88. The number of aromatic nitrogens is 2. The molecule has 0 bridgehead atoms. The van der Waals surface area contributed by atoms with Crippen LogP contribution in [0.25, 0.3) is 11.3 Å². The summed E-state index contributed by atoms with van der Waals surface area (Å²) in [5, 5.41) is 6.82. The van der Waals surface area contributed by atoms with E-state index >= 15 is 0 Å². The first-order valence-corrected chi connectivity index (χ1v) is 7.60. The Kier molecular flexibility index (Phi) is 4.52. The predicted molar refractivity (Wildman–Crippen MR) is 89.6 cm³/mol. The van der Waals surface area contributed by atoms with E-state index in [1.54, 1.807) is 0 Å². The Bertz CT molecular complexity index is 794. The standard InChI is InChI=1S/C19H18N2O2/c1-2-15-10-16(19-17(12-22)11-20-21-19)8-9-18(15)23-13-14-6-4-3-5-7-14/h3-12H,2,13H2,1H3,(H,20,21). The van der Waals surface area contributed by atoms with Gasteiger partial charge in [-0.25, -0.2) is 0 Å². The highest BCUT2D eigenvalue weighted by Crippen LogP contribution is 2.28. The lowest BCUT2D eigenvalue weighted by Gasteiger charge is -2.12. The zero-order chi connectivity index (χ0) is 16.1. The minimum Gasteiger partial charge on any atom is -0.489 e. The number of aldehydes is 1. The topological polar surface area (TPSA) is 55.0 Å². The van der Waals surface area contributed by atoms with Gasteiger partial charge in [-0.05, 0) is 35.7 Å². The lowest BCUT2D eigenvalue weighted by atomic mass is 10.0. The van der Waals surface area contributed by atoms with E-state index in [-0.39, 0.29) is 0 Å². The monoisotopic (exact) mass is 306 g/mol. The molecule has 0 aliphatic heterocycles. The molecule has 0 aliphatic carbocycles. The quantitative estimate of drug-likeness (QED) is 0.699. The molecule has 3 rings (SSSR count). The van der Waals surface area contributed by atoms with Gasteiger partial charge in [0.05, 0.1) is 17.5 Å². The number of aryl methyl sites for hydroxylation is 1. The molecule has 0 unspecified atom stereocenters. The van der Waals surface area contributed by atoms with Crippen LogP contribution in [-0.4, -0.2) is 16.5 Å². The molecule has 1 N–H and O–H groups in total. The lowest BCUT2D eigenvalue weighted by molar-refractivity contribution is 0.112. The second-order valence-corrected chi connectivity index (χ2v) is 5.27. The van der Waals surface area contributed by atoms with Crippen molar-refractivity contribution in [2.24, 2.45) is 0 Å². The molecule has 0 amide bonds. The van der Waals surface area contributed by atoms with E-state index in [2.05, 4.69) is 17.1 Å². The second-order valence-electron chi connectivity index (χ2n) is 5.27. The fraction of sp³-hybridized carbons (Fsp3) is 0.158. The van der Waals surface area contributed by atoms with Gasteiger partial charge in [-0.15, -0.1) is 0 Å². The van der Waals surface area contributed by atoms with Gasteiger partial charge in [-0.3, -0.25) is 9.89 Å². The van der Waals surface area contributed by atoms with Crippen LogP contribution in [0, 0.1) is 0 Å². The molecule has 0 atom stereocenters. The fourth-order valence-corrected chi connectivity index (χ4v) is 2.50. The maximum Gasteiger partial charge on any atom is 0.153 e. The molecule has 0 saturated carbocycles. The van der Waals surface area contributed by atoms with Crippen molar-refractivity contribution in [3.63, 3.8) is 0 Å². The molecule has 4 nitrogen and oxygen atoms in total. The first-order valence-electron chi connectivity index (χ1n) is 7.60. The van der Waals surface area contributed by atoms with Gasteiger partial charge < -0.3 is 4.74 Å². The number of ether oxygens (including phenoxy) is 1. The molecule has 3 aromatic rings. The largest absolute Gasteiger partial charge is 0.489 e. The van der Waals surface area contributed by atoms with Crippen molar-refractivity contribution in [1.29, 1.82) is 0 Å². The summed E-state index contributed by atoms with van der Waals surface area (Å²) in [7, 11) is 0. The number of nitrogens with zero attached hydrogens (tertiary/aromatic N) is 1. The SMILES string of the molecule is CCc1cc(-c2[nH]ncc2C=O)ccc1OCc1ccccc1. The van der Waals surface area contributed by atoms with Crippen LogP contribution in [0.5, 0.6) is 5.75 Å². The van der Waals surface area contributed by atoms with Crippen molar-refractivity contribution in [2.75, 3.05) is 0 Å². The molecule has 23 heavy (non-hydrogen) atoms. The first kappa shape index (κ1) is 15.0. The molecular formula is C19H18N2O2. The Labute approximate surface area is 135 Å². The summed E-state index contributed by atoms with van der Waals surface area (Å²) in [5.41, 5.74) is 4.48.